The minimum absolute atomic E-state index is 0.305. The van der Waals surface area contributed by atoms with Crippen molar-refractivity contribution in [3.05, 3.63) is 89.3 Å². The molecular weight excluding hydrogens is 434 g/mol. The van der Waals surface area contributed by atoms with E-state index in [1.54, 1.807) is 29.5 Å². The Morgan fingerprint density at radius 2 is 1.85 bits per heavy atom. The molecule has 0 bridgehead atoms. The van der Waals surface area contributed by atoms with Crippen LogP contribution in [-0.4, -0.2) is 24.5 Å². The molecule has 0 saturated carbocycles. The lowest BCUT2D eigenvalue weighted by Crippen LogP contribution is -2.33. The summed E-state index contributed by atoms with van der Waals surface area (Å²) in [7, 11) is 0. The second-order valence-electron chi connectivity index (χ2n) is 8.02. The lowest BCUT2D eigenvalue weighted by Gasteiger charge is -2.10. The molecule has 3 aromatic carbocycles. The monoisotopic (exact) mass is 457 g/mol. The predicted octanol–water partition coefficient (Wildman–Crippen LogP) is 5.58. The van der Waals surface area contributed by atoms with Crippen LogP contribution in [0.2, 0.25) is 0 Å². The van der Waals surface area contributed by atoms with E-state index >= 15 is 0 Å². The Morgan fingerprint density at radius 1 is 1.00 bits per heavy atom. The molecular formula is C27H23NO4S. The number of carbonyl (C=O) groups excluding carboxylic acids is 2. The summed E-state index contributed by atoms with van der Waals surface area (Å²) in [5, 5.41) is 6.39. The molecule has 1 aliphatic rings. The molecule has 4 aromatic rings. The molecule has 33 heavy (non-hydrogen) atoms. The highest BCUT2D eigenvalue weighted by Crippen LogP contribution is 2.33. The van der Waals surface area contributed by atoms with Gasteiger partial charge in [-0.15, -0.1) is 11.3 Å². The zero-order chi connectivity index (χ0) is 22.6. The van der Waals surface area contributed by atoms with Crippen LogP contribution in [0.4, 0.5) is 0 Å². The summed E-state index contributed by atoms with van der Waals surface area (Å²) in [4.78, 5) is 24.5. The SMILES string of the molecule is O=C(OC(=O)[C@@H]1CCCN1)c1cccc(COc2ccc(-c3cccc4ccsc34)cc2)c1. The van der Waals surface area contributed by atoms with Gasteiger partial charge in [-0.2, -0.15) is 0 Å². The highest BCUT2D eigenvalue weighted by Gasteiger charge is 2.26. The number of fused-ring (bicyclic) bond motifs is 1. The van der Waals surface area contributed by atoms with Gasteiger partial charge in [0, 0.05) is 4.70 Å². The van der Waals surface area contributed by atoms with Crippen LogP contribution in [0.1, 0.15) is 28.8 Å². The largest absolute Gasteiger partial charge is 0.489 e. The first-order valence-corrected chi connectivity index (χ1v) is 11.8. The maximum absolute atomic E-state index is 12.4. The quantitative estimate of drug-likeness (QED) is 0.302. The van der Waals surface area contributed by atoms with Gasteiger partial charge in [0.15, 0.2) is 0 Å². The molecule has 5 rings (SSSR count). The number of ether oxygens (including phenoxy) is 2. The highest BCUT2D eigenvalue weighted by atomic mass is 32.1. The van der Waals surface area contributed by atoms with Gasteiger partial charge in [0.2, 0.25) is 0 Å². The van der Waals surface area contributed by atoms with E-state index in [9.17, 15) is 9.59 Å². The average Bonchev–Trinajstić information content (AvgIpc) is 3.55. The first-order valence-electron chi connectivity index (χ1n) is 11.0. The van der Waals surface area contributed by atoms with E-state index < -0.39 is 18.0 Å². The van der Waals surface area contributed by atoms with E-state index in [0.717, 1.165) is 29.8 Å². The molecule has 1 fully saturated rings. The minimum atomic E-state index is -0.636. The van der Waals surface area contributed by atoms with Crippen molar-refractivity contribution >= 4 is 33.4 Å². The summed E-state index contributed by atoms with van der Waals surface area (Å²) >= 11 is 1.74. The second kappa shape index (κ2) is 9.57. The first kappa shape index (κ1) is 21.4. The molecule has 1 atom stereocenters. The fourth-order valence-corrected chi connectivity index (χ4v) is 4.95. The predicted molar refractivity (Wildman–Crippen MR) is 129 cm³/mol. The van der Waals surface area contributed by atoms with Gasteiger partial charge < -0.3 is 14.8 Å². The Bertz CT molecular complexity index is 1290. The molecule has 5 nitrogen and oxygen atoms in total. The minimum Gasteiger partial charge on any atom is -0.489 e. The number of nitrogens with one attached hydrogen (secondary N) is 1. The molecule has 1 saturated heterocycles. The van der Waals surface area contributed by atoms with Crippen molar-refractivity contribution in [2.24, 2.45) is 0 Å². The van der Waals surface area contributed by atoms with Crippen LogP contribution in [0, 0.1) is 0 Å². The Kier molecular flexibility index (Phi) is 6.19. The summed E-state index contributed by atoms with van der Waals surface area (Å²) in [6.45, 7) is 1.07. The number of hydrogen-bond acceptors (Lipinski definition) is 6. The zero-order valence-corrected chi connectivity index (χ0v) is 18.8. The van der Waals surface area contributed by atoms with Crippen LogP contribution in [0.15, 0.2) is 78.2 Å². The fourth-order valence-electron chi connectivity index (χ4n) is 4.01. The second-order valence-corrected chi connectivity index (χ2v) is 8.93. The zero-order valence-electron chi connectivity index (χ0n) is 18.0. The van der Waals surface area contributed by atoms with E-state index in [-0.39, 0.29) is 0 Å². The molecule has 0 spiro atoms. The number of hydrogen-bond donors (Lipinski definition) is 1. The van der Waals surface area contributed by atoms with Crippen molar-refractivity contribution in [3.8, 4) is 16.9 Å². The molecule has 2 heterocycles. The standard InChI is InChI=1S/C27H23NO4S/c29-26(32-27(30)24-8-3-14-28-24)21-6-1-4-18(16-21)17-31-22-11-9-19(10-12-22)23-7-2-5-20-13-15-33-25(20)23/h1-2,4-7,9-13,15-16,24,28H,3,8,14,17H2/t24-/m0/s1. The van der Waals surface area contributed by atoms with Crippen LogP contribution < -0.4 is 10.1 Å². The van der Waals surface area contributed by atoms with Gasteiger partial charge >= 0.3 is 11.9 Å². The number of rotatable bonds is 6. The fraction of sp³-hybridized carbons (Fsp3) is 0.185. The van der Waals surface area contributed by atoms with Crippen LogP contribution in [0.3, 0.4) is 0 Å². The van der Waals surface area contributed by atoms with Gasteiger partial charge in [-0.25, -0.2) is 9.59 Å². The topological polar surface area (TPSA) is 64.6 Å². The maximum atomic E-state index is 12.4. The molecule has 0 radical (unpaired) electrons. The Balaban J connectivity index is 1.22. The van der Waals surface area contributed by atoms with Crippen LogP contribution >= 0.6 is 11.3 Å². The summed E-state index contributed by atoms with van der Waals surface area (Å²) in [6.07, 6.45) is 1.60. The van der Waals surface area contributed by atoms with Gasteiger partial charge in [0.1, 0.15) is 18.4 Å². The number of esters is 2. The smallest absolute Gasteiger partial charge is 0.345 e. The van der Waals surface area contributed by atoms with Gasteiger partial charge in [0.05, 0.1) is 5.56 Å². The maximum Gasteiger partial charge on any atom is 0.345 e. The van der Waals surface area contributed by atoms with Crippen molar-refractivity contribution in [3.63, 3.8) is 0 Å². The summed E-state index contributed by atoms with van der Waals surface area (Å²) in [6, 6.07) is 23.1. The van der Waals surface area contributed by atoms with Crippen molar-refractivity contribution in [1.82, 2.24) is 5.32 Å². The van der Waals surface area contributed by atoms with Gasteiger partial charge in [0.25, 0.3) is 0 Å². The number of thiophene rings is 1. The first-order chi connectivity index (χ1) is 16.2. The number of carbonyl (C=O) groups is 2. The van der Waals surface area contributed by atoms with Crippen molar-refractivity contribution < 1.29 is 19.1 Å². The van der Waals surface area contributed by atoms with Crippen LogP contribution in [0.5, 0.6) is 5.75 Å². The summed E-state index contributed by atoms with van der Waals surface area (Å²) in [5.74, 6) is -0.410. The van der Waals surface area contributed by atoms with E-state index in [1.165, 1.54) is 15.6 Å². The molecule has 0 unspecified atom stereocenters. The molecule has 0 amide bonds. The normalized spacial score (nSPS) is 15.5. The number of benzene rings is 3. The lowest BCUT2D eigenvalue weighted by molar-refractivity contribution is -0.139. The van der Waals surface area contributed by atoms with Gasteiger partial charge in [-0.1, -0.05) is 42.5 Å². The third-order valence-electron chi connectivity index (χ3n) is 5.75. The third-order valence-corrected chi connectivity index (χ3v) is 6.71. The summed E-state index contributed by atoms with van der Waals surface area (Å²) < 4.78 is 12.2. The molecule has 1 aromatic heterocycles. The van der Waals surface area contributed by atoms with E-state index in [4.69, 9.17) is 9.47 Å². The Hall–Kier alpha value is -3.48. The molecule has 0 aliphatic carbocycles. The van der Waals surface area contributed by atoms with Crippen molar-refractivity contribution in [2.45, 2.75) is 25.5 Å². The van der Waals surface area contributed by atoms with E-state index in [1.807, 2.05) is 18.2 Å². The van der Waals surface area contributed by atoms with E-state index in [0.29, 0.717) is 18.6 Å². The van der Waals surface area contributed by atoms with Crippen molar-refractivity contribution in [1.29, 1.82) is 0 Å². The average molecular weight is 458 g/mol. The van der Waals surface area contributed by atoms with Crippen molar-refractivity contribution in [2.75, 3.05) is 6.54 Å². The molecule has 166 valence electrons. The Morgan fingerprint density at radius 3 is 2.67 bits per heavy atom. The molecule has 1 aliphatic heterocycles. The van der Waals surface area contributed by atoms with Gasteiger partial charge in [-0.05, 0) is 77.2 Å². The van der Waals surface area contributed by atoms with E-state index in [2.05, 4.69) is 47.1 Å². The molecule has 6 heteroatoms. The Labute approximate surface area is 196 Å². The van der Waals surface area contributed by atoms with Crippen LogP contribution in [0.25, 0.3) is 21.2 Å². The highest BCUT2D eigenvalue weighted by molar-refractivity contribution is 7.17. The van der Waals surface area contributed by atoms with Crippen LogP contribution in [-0.2, 0) is 16.1 Å². The lowest BCUT2D eigenvalue weighted by atomic mass is 10.0. The van der Waals surface area contributed by atoms with Gasteiger partial charge in [-0.3, -0.25) is 0 Å². The molecule has 1 N–H and O–H groups in total. The summed E-state index contributed by atoms with van der Waals surface area (Å²) in [5.41, 5.74) is 3.51. The third kappa shape index (κ3) is 4.82.